The van der Waals surface area contributed by atoms with Gasteiger partial charge >= 0.3 is 0 Å². The van der Waals surface area contributed by atoms with Crippen molar-refractivity contribution in [3.8, 4) is 0 Å². The molecule has 2 aromatic carbocycles. The molecule has 0 amide bonds. The fraction of sp³-hybridized carbons (Fsp3) is 0.208. The number of allylic oxidation sites excluding steroid dienone is 4. The van der Waals surface area contributed by atoms with Crippen LogP contribution in [0.1, 0.15) is 20.3 Å². The number of hydrogen-bond donors (Lipinski definition) is 0. The van der Waals surface area contributed by atoms with Crippen LogP contribution in [-0.4, -0.2) is 16.3 Å². The van der Waals surface area contributed by atoms with E-state index in [2.05, 4.69) is 94.6 Å². The Kier molecular flexibility index (Phi) is 10.2. The first-order chi connectivity index (χ1) is 14.1. The fourth-order valence-corrected chi connectivity index (χ4v) is 3.14. The first-order valence-corrected chi connectivity index (χ1v) is 10.6. The SMILES string of the molecule is CC(Br)=CCB(c1ccccc1)c1ccccc1.CCC=C(F)Cn1ccnc1. The normalized spacial score (nSPS) is 11.6. The van der Waals surface area contributed by atoms with Gasteiger partial charge in [-0.15, -0.1) is 0 Å². The molecule has 0 unspecified atom stereocenters. The summed E-state index contributed by atoms with van der Waals surface area (Å²) in [6.07, 6.45) is 10.5. The highest BCUT2D eigenvalue weighted by Crippen LogP contribution is 2.07. The van der Waals surface area contributed by atoms with E-state index in [1.165, 1.54) is 15.4 Å². The number of imidazole rings is 1. The Hall–Kier alpha value is -2.40. The molecular weight excluding hydrogens is 426 g/mol. The van der Waals surface area contributed by atoms with Crippen molar-refractivity contribution < 1.29 is 4.39 Å². The lowest BCUT2D eigenvalue weighted by atomic mass is 9.39. The Morgan fingerprint density at radius 3 is 2.07 bits per heavy atom. The van der Waals surface area contributed by atoms with Crippen LogP contribution in [0, 0.1) is 0 Å². The summed E-state index contributed by atoms with van der Waals surface area (Å²) in [7, 11) is 0. The van der Waals surface area contributed by atoms with E-state index in [0.717, 1.165) is 12.7 Å². The van der Waals surface area contributed by atoms with Crippen molar-refractivity contribution in [3.05, 3.63) is 102 Å². The van der Waals surface area contributed by atoms with Crippen molar-refractivity contribution in [2.45, 2.75) is 33.1 Å². The number of nitrogens with zero attached hydrogens (tertiary/aromatic N) is 2. The molecule has 0 radical (unpaired) electrons. The summed E-state index contributed by atoms with van der Waals surface area (Å²) in [5, 5.41) is 0. The molecule has 1 heterocycles. The largest absolute Gasteiger partial charge is 0.331 e. The zero-order valence-electron chi connectivity index (χ0n) is 17.0. The molecule has 0 N–H and O–H groups in total. The van der Waals surface area contributed by atoms with E-state index in [1.54, 1.807) is 29.4 Å². The summed E-state index contributed by atoms with van der Waals surface area (Å²) in [6, 6.07) is 21.4. The molecule has 3 aromatic rings. The molecule has 0 atom stereocenters. The minimum atomic E-state index is -0.106. The van der Waals surface area contributed by atoms with E-state index in [-0.39, 0.29) is 5.83 Å². The molecule has 150 valence electrons. The molecule has 0 spiro atoms. The van der Waals surface area contributed by atoms with Crippen LogP contribution in [0.15, 0.2) is 102 Å². The summed E-state index contributed by atoms with van der Waals surface area (Å²) < 4.78 is 15.7. The maximum atomic E-state index is 12.8. The summed E-state index contributed by atoms with van der Waals surface area (Å²) >= 11 is 3.51. The van der Waals surface area contributed by atoms with Crippen molar-refractivity contribution in [2.75, 3.05) is 0 Å². The van der Waals surface area contributed by atoms with E-state index in [9.17, 15) is 4.39 Å². The lowest BCUT2D eigenvalue weighted by molar-refractivity contribution is 0.551. The van der Waals surface area contributed by atoms with Crippen LogP contribution in [0.3, 0.4) is 0 Å². The third-order valence-electron chi connectivity index (χ3n) is 4.36. The third kappa shape index (κ3) is 8.65. The van der Waals surface area contributed by atoms with Crippen LogP contribution in [-0.2, 0) is 6.54 Å². The minimum Gasteiger partial charge on any atom is -0.331 e. The smallest absolute Gasteiger partial charge is 0.213 e. The first kappa shape index (κ1) is 22.9. The first-order valence-electron chi connectivity index (χ1n) is 9.82. The zero-order chi connectivity index (χ0) is 20.9. The summed E-state index contributed by atoms with van der Waals surface area (Å²) in [6.45, 7) is 4.72. The van der Waals surface area contributed by atoms with E-state index in [0.29, 0.717) is 13.3 Å². The zero-order valence-corrected chi connectivity index (χ0v) is 18.6. The monoisotopic (exact) mass is 452 g/mol. The second kappa shape index (κ2) is 12.9. The van der Waals surface area contributed by atoms with Crippen LogP contribution in [0.5, 0.6) is 0 Å². The van der Waals surface area contributed by atoms with Gasteiger partial charge in [-0.25, -0.2) is 9.37 Å². The molecular formula is C24H27BBrFN2. The maximum Gasteiger partial charge on any atom is 0.213 e. The van der Waals surface area contributed by atoms with E-state index in [4.69, 9.17) is 0 Å². The van der Waals surface area contributed by atoms with Gasteiger partial charge in [0.25, 0.3) is 0 Å². The lowest BCUT2D eigenvalue weighted by Gasteiger charge is -2.12. The molecule has 5 heteroatoms. The number of hydrogen-bond acceptors (Lipinski definition) is 1. The average Bonchev–Trinajstić information content (AvgIpc) is 3.23. The van der Waals surface area contributed by atoms with Gasteiger partial charge in [-0.2, -0.15) is 0 Å². The van der Waals surface area contributed by atoms with Crippen LogP contribution in [0.4, 0.5) is 4.39 Å². The number of aromatic nitrogens is 2. The maximum absolute atomic E-state index is 12.8. The Morgan fingerprint density at radius 1 is 1.03 bits per heavy atom. The van der Waals surface area contributed by atoms with Gasteiger partial charge < -0.3 is 4.57 Å². The van der Waals surface area contributed by atoms with E-state index in [1.807, 2.05) is 6.92 Å². The molecule has 3 rings (SSSR count). The summed E-state index contributed by atoms with van der Waals surface area (Å²) in [5.41, 5.74) is 2.74. The highest BCUT2D eigenvalue weighted by atomic mass is 79.9. The predicted octanol–water partition coefficient (Wildman–Crippen LogP) is 5.74. The molecule has 0 saturated heterocycles. The molecule has 0 saturated carbocycles. The molecule has 2 nitrogen and oxygen atoms in total. The Balaban J connectivity index is 0.000000234. The van der Waals surface area contributed by atoms with Gasteiger partial charge in [0.1, 0.15) is 5.83 Å². The van der Waals surface area contributed by atoms with Gasteiger partial charge in [0.05, 0.1) is 12.9 Å². The van der Waals surface area contributed by atoms with Gasteiger partial charge in [0.15, 0.2) is 0 Å². The topological polar surface area (TPSA) is 17.8 Å². The minimum absolute atomic E-state index is 0.106. The lowest BCUT2D eigenvalue weighted by Crippen LogP contribution is -2.41. The second-order valence-corrected chi connectivity index (χ2v) is 7.95. The standard InChI is InChI=1S/C16H16BBr.C8H11FN2/c1-14(18)12-13-17(15-8-4-2-5-9-15)16-10-6-3-7-11-16;1-2-3-8(9)6-11-5-4-10-7-11/h2-12H,13H2,1H3;3-5,7H,2,6H2,1H3. The van der Waals surface area contributed by atoms with Gasteiger partial charge in [0.2, 0.25) is 6.71 Å². The van der Waals surface area contributed by atoms with E-state index >= 15 is 0 Å². The predicted molar refractivity (Wildman–Crippen MR) is 127 cm³/mol. The van der Waals surface area contributed by atoms with Crippen molar-refractivity contribution in [2.24, 2.45) is 0 Å². The summed E-state index contributed by atoms with van der Waals surface area (Å²) in [4.78, 5) is 3.80. The average molecular weight is 453 g/mol. The number of halogens is 2. The molecule has 0 bridgehead atoms. The summed E-state index contributed by atoms with van der Waals surface area (Å²) in [5.74, 6) is -0.106. The number of benzene rings is 2. The van der Waals surface area contributed by atoms with Crippen LogP contribution < -0.4 is 10.9 Å². The van der Waals surface area contributed by atoms with Crippen LogP contribution in [0.2, 0.25) is 6.32 Å². The van der Waals surface area contributed by atoms with Crippen LogP contribution >= 0.6 is 15.9 Å². The molecule has 0 aliphatic heterocycles. The van der Waals surface area contributed by atoms with Crippen molar-refractivity contribution in [3.63, 3.8) is 0 Å². The Labute approximate surface area is 182 Å². The highest BCUT2D eigenvalue weighted by molar-refractivity contribution is 9.11. The second-order valence-electron chi connectivity index (χ2n) is 6.69. The van der Waals surface area contributed by atoms with Crippen LogP contribution in [0.25, 0.3) is 0 Å². The van der Waals surface area contributed by atoms with Gasteiger partial charge in [0, 0.05) is 12.4 Å². The van der Waals surface area contributed by atoms with Gasteiger partial charge in [-0.1, -0.05) is 107 Å². The molecule has 29 heavy (non-hydrogen) atoms. The van der Waals surface area contributed by atoms with E-state index < -0.39 is 0 Å². The number of rotatable bonds is 7. The Morgan fingerprint density at radius 2 is 1.62 bits per heavy atom. The molecule has 1 aromatic heterocycles. The van der Waals surface area contributed by atoms with Gasteiger partial charge in [-0.3, -0.25) is 0 Å². The van der Waals surface area contributed by atoms with Crippen molar-refractivity contribution in [1.29, 1.82) is 0 Å². The van der Waals surface area contributed by atoms with Gasteiger partial charge in [-0.05, 0) is 24.1 Å². The Bertz CT molecular complexity index is 834. The fourth-order valence-electron chi connectivity index (χ4n) is 2.96. The highest BCUT2D eigenvalue weighted by Gasteiger charge is 2.16. The quantitative estimate of drug-likeness (QED) is 0.418. The van der Waals surface area contributed by atoms with Crippen molar-refractivity contribution in [1.82, 2.24) is 9.55 Å². The molecule has 0 fully saturated rings. The van der Waals surface area contributed by atoms with Crippen molar-refractivity contribution >= 4 is 33.6 Å². The molecule has 0 aliphatic carbocycles. The third-order valence-corrected chi connectivity index (χ3v) is 4.68. The molecule has 0 aliphatic rings.